The highest BCUT2D eigenvalue weighted by Gasteiger charge is 2.23. The molecular formula is C32H62N4O10. The molecule has 0 amide bonds. The van der Waals surface area contributed by atoms with E-state index >= 15 is 0 Å². The number of nitrogens with one attached hydrogen (secondary N) is 1. The third kappa shape index (κ3) is 22.2. The molecule has 1 unspecified atom stereocenters. The number of hydrogen-bond acceptors (Lipinski definition) is 14. The minimum absolute atomic E-state index is 0.172. The lowest BCUT2D eigenvalue weighted by atomic mass is 10.2. The van der Waals surface area contributed by atoms with E-state index in [1.807, 2.05) is 41.5 Å². The molecule has 0 aromatic carbocycles. The van der Waals surface area contributed by atoms with E-state index in [9.17, 15) is 9.59 Å². The molecule has 0 aliphatic carbocycles. The molecule has 46 heavy (non-hydrogen) atoms. The van der Waals surface area contributed by atoms with Gasteiger partial charge in [0.05, 0.1) is 79.2 Å². The maximum atomic E-state index is 12.8. The molecular weight excluding hydrogens is 600 g/mol. The summed E-state index contributed by atoms with van der Waals surface area (Å²) in [4.78, 5) is 31.9. The third-order valence-electron chi connectivity index (χ3n) is 6.83. The predicted molar refractivity (Wildman–Crippen MR) is 173 cm³/mol. The zero-order valence-electron chi connectivity index (χ0n) is 29.4. The topological polar surface area (TPSA) is 130 Å². The summed E-state index contributed by atoms with van der Waals surface area (Å²) in [6.45, 7) is 22.4. The molecule has 2 heterocycles. The number of esters is 2. The van der Waals surface area contributed by atoms with Crippen LogP contribution in [0.15, 0.2) is 0 Å². The fraction of sp³-hybridized carbons (Fsp3) is 0.938. The van der Waals surface area contributed by atoms with Crippen LogP contribution in [0, 0.1) is 0 Å². The SMILES string of the molecule is CC(C)(C)OC(=O)CN1CCNCCN(CCOC2COCCOCCOCCOCCO2)CCN(CC(=O)OC(C)(C)C)CC1. The summed E-state index contributed by atoms with van der Waals surface area (Å²) in [5.74, 6) is -0.518. The van der Waals surface area contributed by atoms with Crippen molar-refractivity contribution in [2.75, 3.05) is 138 Å². The number of ether oxygens (including phenoxy) is 8. The highest BCUT2D eigenvalue weighted by molar-refractivity contribution is 5.72. The molecule has 0 aromatic rings. The standard InChI is InChI=1S/C32H62N4O10/c1-31(2,3)45-28(37)25-35-10-8-33-7-9-34(11-12-36(14-13-35)26-29(38)46-32(4,5)6)15-16-43-30-27-42-22-21-40-18-17-39-19-20-41-23-24-44-30/h30,33H,7-27H2,1-6H3. The maximum absolute atomic E-state index is 12.8. The second kappa shape index (κ2) is 23.0. The van der Waals surface area contributed by atoms with Gasteiger partial charge < -0.3 is 43.2 Å². The van der Waals surface area contributed by atoms with Crippen LogP contribution in [0.4, 0.5) is 0 Å². The van der Waals surface area contributed by atoms with Crippen molar-refractivity contribution in [3.63, 3.8) is 0 Å². The molecule has 1 N–H and O–H groups in total. The summed E-state index contributed by atoms with van der Waals surface area (Å²) in [5.41, 5.74) is -1.10. The van der Waals surface area contributed by atoms with Crippen molar-refractivity contribution in [1.29, 1.82) is 0 Å². The summed E-state index contributed by atoms with van der Waals surface area (Å²) in [5, 5.41) is 3.50. The highest BCUT2D eigenvalue weighted by Crippen LogP contribution is 2.10. The first-order valence-electron chi connectivity index (χ1n) is 16.8. The lowest BCUT2D eigenvalue weighted by Crippen LogP contribution is -2.48. The van der Waals surface area contributed by atoms with Crippen LogP contribution in [0.2, 0.25) is 0 Å². The van der Waals surface area contributed by atoms with Crippen molar-refractivity contribution in [3.05, 3.63) is 0 Å². The van der Waals surface area contributed by atoms with Gasteiger partial charge in [-0.15, -0.1) is 0 Å². The lowest BCUT2D eigenvalue weighted by Gasteiger charge is -2.32. The fourth-order valence-corrected chi connectivity index (χ4v) is 4.69. The van der Waals surface area contributed by atoms with Gasteiger partial charge >= 0.3 is 11.9 Å². The van der Waals surface area contributed by atoms with Gasteiger partial charge in [-0.05, 0) is 41.5 Å². The molecule has 2 rings (SSSR count). The van der Waals surface area contributed by atoms with Gasteiger partial charge in [-0.2, -0.15) is 0 Å². The van der Waals surface area contributed by atoms with Crippen LogP contribution in [0.5, 0.6) is 0 Å². The summed E-state index contributed by atoms with van der Waals surface area (Å²) >= 11 is 0. The largest absolute Gasteiger partial charge is 0.459 e. The fourth-order valence-electron chi connectivity index (χ4n) is 4.69. The van der Waals surface area contributed by atoms with Crippen LogP contribution in [0.3, 0.4) is 0 Å². The number of hydrogen-bond donors (Lipinski definition) is 1. The molecule has 270 valence electrons. The van der Waals surface area contributed by atoms with E-state index in [0.717, 1.165) is 26.2 Å². The monoisotopic (exact) mass is 662 g/mol. The summed E-state index contributed by atoms with van der Waals surface area (Å²) in [6, 6.07) is 0. The summed E-state index contributed by atoms with van der Waals surface area (Å²) < 4.78 is 45.5. The van der Waals surface area contributed by atoms with Crippen molar-refractivity contribution in [1.82, 2.24) is 20.0 Å². The van der Waals surface area contributed by atoms with Crippen molar-refractivity contribution in [2.45, 2.75) is 59.0 Å². The molecule has 0 radical (unpaired) electrons. The molecule has 0 bridgehead atoms. The first-order valence-corrected chi connectivity index (χ1v) is 16.8. The number of carbonyl (C=O) groups excluding carboxylic acids is 2. The van der Waals surface area contributed by atoms with E-state index in [1.165, 1.54) is 0 Å². The van der Waals surface area contributed by atoms with Gasteiger partial charge in [0.2, 0.25) is 0 Å². The van der Waals surface area contributed by atoms with Gasteiger partial charge in [0.25, 0.3) is 0 Å². The van der Waals surface area contributed by atoms with Gasteiger partial charge in [0.1, 0.15) is 11.2 Å². The van der Waals surface area contributed by atoms with E-state index in [4.69, 9.17) is 37.9 Å². The minimum atomic E-state index is -0.563. The van der Waals surface area contributed by atoms with Gasteiger partial charge in [0.15, 0.2) is 6.29 Å². The molecule has 2 aliphatic rings. The first kappa shape index (κ1) is 40.7. The predicted octanol–water partition coefficient (Wildman–Crippen LogP) is 0.618. The van der Waals surface area contributed by atoms with Crippen LogP contribution in [-0.4, -0.2) is 182 Å². The van der Waals surface area contributed by atoms with Crippen LogP contribution >= 0.6 is 0 Å². The zero-order valence-corrected chi connectivity index (χ0v) is 29.4. The van der Waals surface area contributed by atoms with Gasteiger partial charge in [-0.25, -0.2) is 0 Å². The number of carbonyl (C=O) groups is 2. The quantitative estimate of drug-likeness (QED) is 0.365. The van der Waals surface area contributed by atoms with E-state index in [-0.39, 0.29) is 25.0 Å². The second-order valence-corrected chi connectivity index (χ2v) is 13.4. The van der Waals surface area contributed by atoms with E-state index in [1.54, 1.807) is 0 Å². The average molecular weight is 663 g/mol. The van der Waals surface area contributed by atoms with Gasteiger partial charge in [-0.3, -0.25) is 24.3 Å². The Hall–Kier alpha value is -1.46. The van der Waals surface area contributed by atoms with Crippen molar-refractivity contribution < 1.29 is 47.5 Å². The molecule has 14 nitrogen and oxygen atoms in total. The van der Waals surface area contributed by atoms with Crippen LogP contribution in [0.1, 0.15) is 41.5 Å². The Bertz CT molecular complexity index is 808. The Balaban J connectivity index is 1.95. The van der Waals surface area contributed by atoms with Crippen molar-refractivity contribution >= 4 is 11.9 Å². The molecule has 2 saturated heterocycles. The van der Waals surface area contributed by atoms with E-state index in [2.05, 4.69) is 20.0 Å². The lowest BCUT2D eigenvalue weighted by molar-refractivity contribution is -0.181. The Morgan fingerprint density at radius 2 is 1.07 bits per heavy atom. The molecule has 0 spiro atoms. The van der Waals surface area contributed by atoms with E-state index in [0.29, 0.717) is 98.8 Å². The molecule has 2 fully saturated rings. The molecule has 14 heteroatoms. The molecule has 0 aromatic heterocycles. The van der Waals surface area contributed by atoms with Gasteiger partial charge in [0, 0.05) is 58.9 Å². The Kier molecular flexibility index (Phi) is 20.3. The molecule has 2 aliphatic heterocycles. The number of nitrogens with zero attached hydrogens (tertiary/aromatic N) is 3. The minimum Gasteiger partial charge on any atom is -0.459 e. The Morgan fingerprint density at radius 3 is 1.59 bits per heavy atom. The normalized spacial score (nSPS) is 22.9. The highest BCUT2D eigenvalue weighted by atomic mass is 16.7. The van der Waals surface area contributed by atoms with Crippen LogP contribution in [-0.2, 0) is 47.5 Å². The summed E-state index contributed by atoms with van der Waals surface area (Å²) in [6.07, 6.45) is -0.518. The Labute approximate surface area is 276 Å². The van der Waals surface area contributed by atoms with E-state index < -0.39 is 17.5 Å². The van der Waals surface area contributed by atoms with Crippen molar-refractivity contribution in [3.8, 4) is 0 Å². The number of rotatable bonds is 8. The Morgan fingerprint density at radius 1 is 0.630 bits per heavy atom. The van der Waals surface area contributed by atoms with Crippen LogP contribution < -0.4 is 5.32 Å². The first-order chi connectivity index (χ1) is 21.9. The summed E-state index contributed by atoms with van der Waals surface area (Å²) in [7, 11) is 0. The average Bonchev–Trinajstić information content (AvgIpc) is 2.95. The second-order valence-electron chi connectivity index (χ2n) is 13.4. The smallest absolute Gasteiger partial charge is 0.320 e. The van der Waals surface area contributed by atoms with Crippen molar-refractivity contribution in [2.24, 2.45) is 0 Å². The maximum Gasteiger partial charge on any atom is 0.320 e. The van der Waals surface area contributed by atoms with Gasteiger partial charge in [-0.1, -0.05) is 0 Å². The third-order valence-corrected chi connectivity index (χ3v) is 6.83. The molecule has 1 atom stereocenters. The van der Waals surface area contributed by atoms with Crippen LogP contribution in [0.25, 0.3) is 0 Å². The molecule has 0 saturated carbocycles. The zero-order chi connectivity index (χ0) is 33.7.